The molecular weight excluding hydrogens is 284 g/mol. The van der Waals surface area contributed by atoms with E-state index in [1.807, 2.05) is 30.3 Å². The maximum Gasteiger partial charge on any atom is 0.122 e. The predicted molar refractivity (Wildman–Crippen MR) is 83.1 cm³/mol. The van der Waals surface area contributed by atoms with E-state index in [9.17, 15) is 5.11 Å². The second-order valence-corrected chi connectivity index (χ2v) is 6.10. The molecule has 2 heterocycles. The molecule has 5 heteroatoms. The van der Waals surface area contributed by atoms with Gasteiger partial charge in [0.15, 0.2) is 0 Å². The van der Waals surface area contributed by atoms with Crippen LogP contribution >= 0.6 is 11.3 Å². The van der Waals surface area contributed by atoms with Gasteiger partial charge in [-0.2, -0.15) is 0 Å². The number of aromatic nitrogens is 1. The second-order valence-electron chi connectivity index (χ2n) is 5.21. The Morgan fingerprint density at radius 1 is 1.38 bits per heavy atom. The minimum Gasteiger partial charge on any atom is -0.394 e. The van der Waals surface area contributed by atoms with Gasteiger partial charge in [0.05, 0.1) is 18.3 Å². The minimum atomic E-state index is -0.0564. The zero-order valence-electron chi connectivity index (χ0n) is 11.9. The first-order valence-electron chi connectivity index (χ1n) is 7.32. The third-order valence-corrected chi connectivity index (χ3v) is 4.67. The zero-order chi connectivity index (χ0) is 14.5. The first-order chi connectivity index (χ1) is 10.4. The molecule has 2 N–H and O–H groups in total. The van der Waals surface area contributed by atoms with Crippen molar-refractivity contribution in [2.75, 3.05) is 13.2 Å². The Balaban J connectivity index is 1.59. The number of rotatable bonds is 6. The smallest absolute Gasteiger partial charge is 0.122 e. The maximum absolute atomic E-state index is 9.53. The minimum absolute atomic E-state index is 0.0564. The number of aliphatic hydroxyl groups is 1. The summed E-state index contributed by atoms with van der Waals surface area (Å²) < 4.78 is 5.66. The largest absolute Gasteiger partial charge is 0.394 e. The molecule has 1 fully saturated rings. The highest BCUT2D eigenvalue weighted by Gasteiger charge is 2.21. The molecule has 0 spiro atoms. The first kappa shape index (κ1) is 14.7. The fourth-order valence-electron chi connectivity index (χ4n) is 2.53. The topological polar surface area (TPSA) is 54.4 Å². The van der Waals surface area contributed by atoms with Crippen LogP contribution in [0.5, 0.6) is 0 Å². The van der Waals surface area contributed by atoms with Gasteiger partial charge in [-0.25, -0.2) is 4.98 Å². The Kier molecular flexibility index (Phi) is 4.98. The van der Waals surface area contributed by atoms with Crippen LogP contribution in [-0.2, 0) is 11.3 Å². The summed E-state index contributed by atoms with van der Waals surface area (Å²) in [4.78, 5) is 4.64. The lowest BCUT2D eigenvalue weighted by Gasteiger charge is -2.15. The molecule has 0 amide bonds. The lowest BCUT2D eigenvalue weighted by Crippen LogP contribution is -2.24. The number of aliphatic hydroxyl groups excluding tert-OH is 1. The molecule has 1 aliphatic rings. The van der Waals surface area contributed by atoms with Gasteiger partial charge in [0.2, 0.25) is 0 Å². The highest BCUT2D eigenvalue weighted by molar-refractivity contribution is 7.09. The first-order valence-corrected chi connectivity index (χ1v) is 8.20. The lowest BCUT2D eigenvalue weighted by molar-refractivity contribution is 0.111. The molecule has 0 unspecified atom stereocenters. The van der Waals surface area contributed by atoms with E-state index in [1.54, 1.807) is 11.3 Å². The Morgan fingerprint density at radius 2 is 2.24 bits per heavy atom. The van der Waals surface area contributed by atoms with E-state index >= 15 is 0 Å². The van der Waals surface area contributed by atoms with Crippen LogP contribution in [0.3, 0.4) is 0 Å². The summed E-state index contributed by atoms with van der Waals surface area (Å²) in [7, 11) is 0. The van der Waals surface area contributed by atoms with Crippen molar-refractivity contribution in [3.63, 3.8) is 0 Å². The summed E-state index contributed by atoms with van der Waals surface area (Å²) in [6.45, 7) is 1.58. The number of ether oxygens (including phenoxy) is 1. The molecule has 2 atom stereocenters. The summed E-state index contributed by atoms with van der Waals surface area (Å²) in [6.07, 6.45) is 2.38. The molecular formula is C16H20N2O2S. The van der Waals surface area contributed by atoms with Crippen molar-refractivity contribution in [2.45, 2.75) is 31.5 Å². The fourth-order valence-corrected chi connectivity index (χ4v) is 3.43. The molecule has 0 saturated carbocycles. The van der Waals surface area contributed by atoms with E-state index in [1.165, 1.54) is 0 Å². The molecule has 0 aliphatic carbocycles. The van der Waals surface area contributed by atoms with Crippen LogP contribution in [0.25, 0.3) is 0 Å². The second kappa shape index (κ2) is 7.13. The summed E-state index contributed by atoms with van der Waals surface area (Å²) in [5, 5.41) is 16.0. The average Bonchev–Trinajstić information content (AvgIpc) is 3.20. The van der Waals surface area contributed by atoms with Crippen LogP contribution in [0.1, 0.15) is 41.3 Å². The molecule has 3 rings (SSSR count). The van der Waals surface area contributed by atoms with Crippen LogP contribution in [0.15, 0.2) is 35.7 Å². The molecule has 21 heavy (non-hydrogen) atoms. The third kappa shape index (κ3) is 3.68. The predicted octanol–water partition coefficient (Wildman–Crippen LogP) is 2.82. The number of hydrogen-bond acceptors (Lipinski definition) is 5. The molecule has 2 aromatic rings. The fraction of sp³-hybridized carbons (Fsp3) is 0.438. The van der Waals surface area contributed by atoms with E-state index in [0.717, 1.165) is 35.7 Å². The summed E-state index contributed by atoms with van der Waals surface area (Å²) in [5.74, 6) is 0. The standard InChI is InChI=1S/C16H20N2O2S/c19-10-14(12-5-2-1-3-6-12)17-9-13-11-21-16(18-13)15-7-4-8-20-15/h1-3,5-6,11,14-15,17,19H,4,7-10H2/t14-,15-/m1/s1. The molecule has 1 aliphatic heterocycles. The van der Waals surface area contributed by atoms with E-state index < -0.39 is 0 Å². The number of nitrogens with one attached hydrogen (secondary N) is 1. The highest BCUT2D eigenvalue weighted by Crippen LogP contribution is 2.30. The molecule has 0 bridgehead atoms. The Morgan fingerprint density at radius 3 is 2.95 bits per heavy atom. The van der Waals surface area contributed by atoms with E-state index in [-0.39, 0.29) is 18.8 Å². The third-order valence-electron chi connectivity index (χ3n) is 3.69. The van der Waals surface area contributed by atoms with Crippen molar-refractivity contribution in [2.24, 2.45) is 0 Å². The maximum atomic E-state index is 9.53. The lowest BCUT2D eigenvalue weighted by atomic mass is 10.1. The Bertz CT molecular complexity index is 552. The van der Waals surface area contributed by atoms with Gasteiger partial charge < -0.3 is 15.2 Å². The normalized spacial score (nSPS) is 19.8. The highest BCUT2D eigenvalue weighted by atomic mass is 32.1. The van der Waals surface area contributed by atoms with E-state index in [2.05, 4.69) is 15.7 Å². The van der Waals surface area contributed by atoms with Gasteiger partial charge in [-0.1, -0.05) is 30.3 Å². The van der Waals surface area contributed by atoms with Crippen LogP contribution in [0.2, 0.25) is 0 Å². The van der Waals surface area contributed by atoms with E-state index in [0.29, 0.717) is 6.54 Å². The SMILES string of the molecule is OC[C@@H](NCc1csc([C@H]2CCCO2)n1)c1ccccc1. The molecule has 4 nitrogen and oxygen atoms in total. The Labute approximate surface area is 128 Å². The average molecular weight is 304 g/mol. The van der Waals surface area contributed by atoms with Crippen molar-refractivity contribution in [3.8, 4) is 0 Å². The molecule has 0 radical (unpaired) electrons. The monoisotopic (exact) mass is 304 g/mol. The zero-order valence-corrected chi connectivity index (χ0v) is 12.7. The van der Waals surface area contributed by atoms with Crippen molar-refractivity contribution in [3.05, 3.63) is 52.0 Å². The molecule has 1 saturated heterocycles. The van der Waals surface area contributed by atoms with Crippen molar-refractivity contribution < 1.29 is 9.84 Å². The van der Waals surface area contributed by atoms with E-state index in [4.69, 9.17) is 4.74 Å². The van der Waals surface area contributed by atoms with Crippen LogP contribution in [-0.4, -0.2) is 23.3 Å². The summed E-state index contributed by atoms with van der Waals surface area (Å²) in [5.41, 5.74) is 2.11. The molecule has 1 aromatic carbocycles. The van der Waals surface area contributed by atoms with Gasteiger partial charge in [0.25, 0.3) is 0 Å². The quantitative estimate of drug-likeness (QED) is 0.861. The van der Waals surface area contributed by atoms with Crippen LogP contribution in [0.4, 0.5) is 0 Å². The number of nitrogens with zero attached hydrogens (tertiary/aromatic N) is 1. The van der Waals surface area contributed by atoms with Gasteiger partial charge in [-0.05, 0) is 18.4 Å². The molecule has 1 aromatic heterocycles. The summed E-state index contributed by atoms with van der Waals surface area (Å²) in [6, 6.07) is 9.93. The number of benzene rings is 1. The van der Waals surface area contributed by atoms with Crippen molar-refractivity contribution >= 4 is 11.3 Å². The number of thiazole rings is 1. The van der Waals surface area contributed by atoms with Gasteiger partial charge in [-0.15, -0.1) is 11.3 Å². The van der Waals surface area contributed by atoms with Crippen molar-refractivity contribution in [1.29, 1.82) is 0 Å². The van der Waals surface area contributed by atoms with Gasteiger partial charge in [0, 0.05) is 18.5 Å². The van der Waals surface area contributed by atoms with Crippen LogP contribution < -0.4 is 5.32 Å². The number of hydrogen-bond donors (Lipinski definition) is 2. The van der Waals surface area contributed by atoms with Crippen LogP contribution in [0, 0.1) is 0 Å². The van der Waals surface area contributed by atoms with Gasteiger partial charge in [0.1, 0.15) is 11.1 Å². The summed E-state index contributed by atoms with van der Waals surface area (Å²) >= 11 is 1.66. The van der Waals surface area contributed by atoms with Crippen molar-refractivity contribution in [1.82, 2.24) is 10.3 Å². The molecule has 112 valence electrons. The Hall–Kier alpha value is -1.27. The van der Waals surface area contributed by atoms with Gasteiger partial charge in [-0.3, -0.25) is 0 Å². The van der Waals surface area contributed by atoms with Gasteiger partial charge >= 0.3 is 0 Å².